The second kappa shape index (κ2) is 11.2. The fourth-order valence-corrected chi connectivity index (χ4v) is 4.77. The molecule has 1 fully saturated rings. The number of nitrogens with zero attached hydrogens (tertiary/aromatic N) is 2. The molecule has 40 heavy (non-hydrogen) atoms. The lowest BCUT2D eigenvalue weighted by molar-refractivity contribution is -0.132. The van der Waals surface area contributed by atoms with E-state index >= 15 is 0 Å². The number of carbonyl (C=O) groups is 2. The van der Waals surface area contributed by atoms with Crippen molar-refractivity contribution in [1.29, 1.82) is 5.26 Å². The maximum Gasteiger partial charge on any atom is 0.300 e. The van der Waals surface area contributed by atoms with Crippen LogP contribution in [0.15, 0.2) is 103 Å². The number of Topliss-reactive ketones (excluding diaryl/α,β-unsaturated/α-hetero) is 1. The largest absolute Gasteiger partial charge is 0.507 e. The summed E-state index contributed by atoms with van der Waals surface area (Å²) in [5.41, 5.74) is 3.56. The first-order valence-electron chi connectivity index (χ1n) is 12.6. The van der Waals surface area contributed by atoms with Gasteiger partial charge >= 0.3 is 0 Å². The Balaban J connectivity index is 1.57. The molecule has 198 valence electrons. The zero-order chi connectivity index (χ0) is 28.2. The molecule has 5 rings (SSSR count). The molecule has 1 heterocycles. The van der Waals surface area contributed by atoms with Gasteiger partial charge < -0.3 is 14.6 Å². The summed E-state index contributed by atoms with van der Waals surface area (Å²) in [5.74, 6) is -0.697. The number of benzene rings is 4. The van der Waals surface area contributed by atoms with Gasteiger partial charge in [0.25, 0.3) is 11.7 Å². The summed E-state index contributed by atoms with van der Waals surface area (Å²) in [4.78, 5) is 28.2. The van der Waals surface area contributed by atoms with Crippen LogP contribution in [0.4, 0.5) is 5.69 Å². The summed E-state index contributed by atoms with van der Waals surface area (Å²) in [6.07, 6.45) is 0. The Morgan fingerprint density at radius 1 is 0.950 bits per heavy atom. The van der Waals surface area contributed by atoms with Crippen LogP contribution >= 0.6 is 0 Å². The first kappa shape index (κ1) is 26.3. The lowest BCUT2D eigenvalue weighted by Gasteiger charge is -2.25. The summed E-state index contributed by atoms with van der Waals surface area (Å²) in [6.45, 7) is 2.24. The number of ketones is 1. The van der Waals surface area contributed by atoms with E-state index in [2.05, 4.69) is 6.07 Å². The van der Waals surface area contributed by atoms with E-state index in [-0.39, 0.29) is 11.3 Å². The molecule has 1 aliphatic heterocycles. The van der Waals surface area contributed by atoms with Crippen molar-refractivity contribution in [3.05, 3.63) is 130 Å². The highest BCUT2D eigenvalue weighted by molar-refractivity contribution is 6.51. The Labute approximate surface area is 232 Å². The Hall–Kier alpha value is -5.35. The van der Waals surface area contributed by atoms with Crippen molar-refractivity contribution in [1.82, 2.24) is 0 Å². The molecule has 0 saturated carbocycles. The van der Waals surface area contributed by atoms with Crippen molar-refractivity contribution >= 4 is 23.1 Å². The lowest BCUT2D eigenvalue weighted by atomic mass is 9.94. The predicted octanol–water partition coefficient (Wildman–Crippen LogP) is 6.08. The minimum absolute atomic E-state index is 0.0417. The van der Waals surface area contributed by atoms with Gasteiger partial charge in [0.05, 0.1) is 30.4 Å². The average molecular weight is 531 g/mol. The van der Waals surface area contributed by atoms with Crippen LogP contribution in [0.1, 0.15) is 33.9 Å². The number of nitriles is 1. The molecule has 4 aromatic carbocycles. The van der Waals surface area contributed by atoms with E-state index in [4.69, 9.17) is 9.47 Å². The van der Waals surface area contributed by atoms with Crippen LogP contribution in [0.25, 0.3) is 5.76 Å². The van der Waals surface area contributed by atoms with Crippen molar-refractivity contribution in [3.63, 3.8) is 0 Å². The van der Waals surface area contributed by atoms with Crippen LogP contribution in [0, 0.1) is 18.3 Å². The van der Waals surface area contributed by atoms with Crippen LogP contribution in [-0.4, -0.2) is 23.9 Å². The molecule has 1 amide bonds. The summed E-state index contributed by atoms with van der Waals surface area (Å²) in [6, 6.07) is 29.4. The summed E-state index contributed by atoms with van der Waals surface area (Å²) < 4.78 is 11.4. The molecular weight excluding hydrogens is 504 g/mol. The molecule has 0 aliphatic carbocycles. The molecule has 1 aliphatic rings. The fourth-order valence-electron chi connectivity index (χ4n) is 4.77. The van der Waals surface area contributed by atoms with Crippen LogP contribution < -0.4 is 14.4 Å². The Morgan fingerprint density at radius 2 is 1.70 bits per heavy atom. The maximum atomic E-state index is 13.5. The van der Waals surface area contributed by atoms with Crippen molar-refractivity contribution in [2.75, 3.05) is 12.0 Å². The third-order valence-corrected chi connectivity index (χ3v) is 6.81. The van der Waals surface area contributed by atoms with Gasteiger partial charge in [0, 0.05) is 11.3 Å². The number of amides is 1. The van der Waals surface area contributed by atoms with E-state index in [0.29, 0.717) is 40.5 Å². The number of rotatable bonds is 7. The number of aryl methyl sites for hydroxylation is 1. The smallest absolute Gasteiger partial charge is 0.300 e. The highest BCUT2D eigenvalue weighted by atomic mass is 16.5. The molecule has 1 N–H and O–H groups in total. The topological polar surface area (TPSA) is 99.9 Å². The van der Waals surface area contributed by atoms with E-state index in [1.165, 1.54) is 12.0 Å². The van der Waals surface area contributed by atoms with Crippen molar-refractivity contribution in [2.24, 2.45) is 0 Å². The Bertz CT molecular complexity index is 1650. The van der Waals surface area contributed by atoms with Gasteiger partial charge in [-0.05, 0) is 78.2 Å². The number of aliphatic hydroxyl groups is 1. The van der Waals surface area contributed by atoms with Crippen molar-refractivity contribution in [3.8, 4) is 17.6 Å². The molecule has 0 radical (unpaired) electrons. The molecular formula is C33H26N2O5. The maximum absolute atomic E-state index is 13.5. The minimum atomic E-state index is -0.919. The van der Waals surface area contributed by atoms with Crippen LogP contribution in [0.5, 0.6) is 11.5 Å². The molecule has 0 bridgehead atoms. The van der Waals surface area contributed by atoms with Gasteiger partial charge in [-0.1, -0.05) is 42.5 Å². The standard InChI is InChI=1S/C33H26N2O5/c1-21-17-25(13-16-28(21)40-20-23-7-4-3-5-8-23)31(36)29-30(24-9-6-10-27(18-24)39-2)35(33(38)32(29)37)26-14-11-22(19-34)12-15-26/h3-18,30,36H,20H2,1-2H3/b31-29-. The molecule has 7 nitrogen and oxygen atoms in total. The number of hydrogen-bond donors (Lipinski definition) is 1. The number of aliphatic hydroxyl groups excluding tert-OH is 1. The monoisotopic (exact) mass is 530 g/mol. The van der Waals surface area contributed by atoms with Gasteiger partial charge in [0.2, 0.25) is 0 Å². The van der Waals surface area contributed by atoms with Crippen LogP contribution in [0.3, 0.4) is 0 Å². The van der Waals surface area contributed by atoms with Gasteiger partial charge in [-0.25, -0.2) is 0 Å². The first-order valence-corrected chi connectivity index (χ1v) is 12.6. The number of methoxy groups -OCH3 is 1. The quantitative estimate of drug-likeness (QED) is 0.177. The first-order chi connectivity index (χ1) is 19.4. The van der Waals surface area contributed by atoms with Gasteiger partial charge in [-0.3, -0.25) is 14.5 Å². The van der Waals surface area contributed by atoms with Gasteiger partial charge in [0.15, 0.2) is 0 Å². The molecule has 1 atom stereocenters. The second-order valence-electron chi connectivity index (χ2n) is 9.36. The Kier molecular flexibility index (Phi) is 7.34. The summed E-state index contributed by atoms with van der Waals surface area (Å²) in [7, 11) is 1.53. The van der Waals surface area contributed by atoms with E-state index in [1.54, 1.807) is 66.7 Å². The zero-order valence-corrected chi connectivity index (χ0v) is 22.0. The zero-order valence-electron chi connectivity index (χ0n) is 22.0. The van der Waals surface area contributed by atoms with Crippen molar-refractivity contribution < 1.29 is 24.2 Å². The molecule has 7 heteroatoms. The third kappa shape index (κ3) is 5.03. The average Bonchev–Trinajstić information content (AvgIpc) is 3.26. The number of anilines is 1. The van der Waals surface area contributed by atoms with Crippen LogP contribution in [-0.2, 0) is 16.2 Å². The number of hydrogen-bond acceptors (Lipinski definition) is 6. The van der Waals surface area contributed by atoms with E-state index in [0.717, 1.165) is 11.1 Å². The molecule has 0 aromatic heterocycles. The van der Waals surface area contributed by atoms with Crippen LogP contribution in [0.2, 0.25) is 0 Å². The van der Waals surface area contributed by atoms with Crippen molar-refractivity contribution in [2.45, 2.75) is 19.6 Å². The SMILES string of the molecule is COc1cccc(C2/C(=C(/O)c3ccc(OCc4ccccc4)c(C)c3)C(=O)C(=O)N2c2ccc(C#N)cc2)c1. The second-order valence-corrected chi connectivity index (χ2v) is 9.36. The van der Waals surface area contributed by atoms with E-state index in [1.807, 2.05) is 37.3 Å². The third-order valence-electron chi connectivity index (χ3n) is 6.81. The number of ether oxygens (including phenoxy) is 2. The van der Waals surface area contributed by atoms with Gasteiger partial charge in [-0.2, -0.15) is 5.26 Å². The normalized spacial score (nSPS) is 16.0. The molecule has 1 unspecified atom stereocenters. The number of carbonyl (C=O) groups excluding carboxylic acids is 2. The molecule has 1 saturated heterocycles. The van der Waals surface area contributed by atoms with E-state index in [9.17, 15) is 20.0 Å². The Morgan fingerprint density at radius 3 is 2.38 bits per heavy atom. The molecule has 4 aromatic rings. The minimum Gasteiger partial charge on any atom is -0.507 e. The summed E-state index contributed by atoms with van der Waals surface area (Å²) in [5, 5.41) is 20.7. The lowest BCUT2D eigenvalue weighted by Crippen LogP contribution is -2.29. The highest BCUT2D eigenvalue weighted by Gasteiger charge is 2.47. The summed E-state index contributed by atoms with van der Waals surface area (Å²) >= 11 is 0. The fraction of sp³-hybridized carbons (Fsp3) is 0.121. The van der Waals surface area contributed by atoms with Gasteiger partial charge in [0.1, 0.15) is 23.9 Å². The van der Waals surface area contributed by atoms with E-state index < -0.39 is 17.7 Å². The van der Waals surface area contributed by atoms with Gasteiger partial charge in [-0.15, -0.1) is 0 Å². The molecule has 0 spiro atoms. The highest BCUT2D eigenvalue weighted by Crippen LogP contribution is 2.43. The predicted molar refractivity (Wildman–Crippen MR) is 151 cm³/mol.